The summed E-state index contributed by atoms with van der Waals surface area (Å²) in [7, 11) is 0. The highest BCUT2D eigenvalue weighted by Gasteiger charge is 2.15. The number of aromatic nitrogens is 2. The quantitative estimate of drug-likeness (QED) is 0.828. The summed E-state index contributed by atoms with van der Waals surface area (Å²) < 4.78 is 2.04. The second-order valence-electron chi connectivity index (χ2n) is 4.38. The molecule has 0 saturated heterocycles. The molecular weight excluding hydrogens is 188 g/mol. The molecule has 0 saturated carbocycles. The summed E-state index contributed by atoms with van der Waals surface area (Å²) in [4.78, 5) is 0. The molecule has 1 N–H and O–H groups in total. The average molecular weight is 210 g/mol. The topological polar surface area (TPSA) is 38.0 Å². The molecular formula is C12H22N2O. The summed E-state index contributed by atoms with van der Waals surface area (Å²) >= 11 is 0. The van der Waals surface area contributed by atoms with E-state index in [-0.39, 0.29) is 12.1 Å². The van der Waals surface area contributed by atoms with Crippen LogP contribution >= 0.6 is 0 Å². The smallest absolute Gasteiger partial charge is 0.0628 e. The first-order valence-corrected chi connectivity index (χ1v) is 5.70. The van der Waals surface area contributed by atoms with E-state index in [2.05, 4.69) is 32.8 Å². The maximum atomic E-state index is 9.37. The van der Waals surface area contributed by atoms with Crippen LogP contribution in [-0.2, 0) is 6.42 Å². The SMILES string of the molecule is CCc1c(C)nn(C(C)CC(C)O)c1C. The van der Waals surface area contributed by atoms with Crippen LogP contribution < -0.4 is 0 Å². The van der Waals surface area contributed by atoms with Gasteiger partial charge in [-0.3, -0.25) is 4.68 Å². The van der Waals surface area contributed by atoms with Crippen molar-refractivity contribution in [3.63, 3.8) is 0 Å². The predicted molar refractivity (Wildman–Crippen MR) is 62.1 cm³/mol. The summed E-state index contributed by atoms with van der Waals surface area (Å²) in [5.41, 5.74) is 3.70. The Morgan fingerprint density at radius 3 is 2.33 bits per heavy atom. The highest BCUT2D eigenvalue weighted by molar-refractivity contribution is 5.24. The summed E-state index contributed by atoms with van der Waals surface area (Å²) in [6.07, 6.45) is 1.51. The van der Waals surface area contributed by atoms with E-state index in [1.54, 1.807) is 0 Å². The van der Waals surface area contributed by atoms with Gasteiger partial charge in [-0.25, -0.2) is 0 Å². The van der Waals surface area contributed by atoms with Gasteiger partial charge in [0.25, 0.3) is 0 Å². The largest absolute Gasteiger partial charge is 0.393 e. The lowest BCUT2D eigenvalue weighted by molar-refractivity contribution is 0.162. The summed E-state index contributed by atoms with van der Waals surface area (Å²) in [6, 6.07) is 0.268. The molecule has 0 aromatic carbocycles. The molecule has 0 fully saturated rings. The lowest BCUT2D eigenvalue weighted by Gasteiger charge is -2.16. The molecule has 0 amide bonds. The van der Waals surface area contributed by atoms with Crippen molar-refractivity contribution in [3.05, 3.63) is 17.0 Å². The number of rotatable bonds is 4. The standard InChI is InChI=1S/C12H22N2O/c1-6-12-10(4)13-14(11(12)5)8(2)7-9(3)15/h8-9,15H,6-7H2,1-5H3. The first-order valence-electron chi connectivity index (χ1n) is 5.70. The number of nitrogens with zero attached hydrogens (tertiary/aromatic N) is 2. The van der Waals surface area contributed by atoms with E-state index in [4.69, 9.17) is 0 Å². The molecule has 1 heterocycles. The van der Waals surface area contributed by atoms with E-state index in [0.717, 1.165) is 18.5 Å². The van der Waals surface area contributed by atoms with Gasteiger partial charge in [0.1, 0.15) is 0 Å². The van der Waals surface area contributed by atoms with Crippen molar-refractivity contribution in [2.45, 2.75) is 59.6 Å². The van der Waals surface area contributed by atoms with Crippen molar-refractivity contribution in [1.82, 2.24) is 9.78 Å². The van der Waals surface area contributed by atoms with E-state index in [0.29, 0.717) is 0 Å². The highest BCUT2D eigenvalue weighted by atomic mass is 16.3. The average Bonchev–Trinajstić information content (AvgIpc) is 2.40. The van der Waals surface area contributed by atoms with Gasteiger partial charge in [-0.15, -0.1) is 0 Å². The third-order valence-electron chi connectivity index (χ3n) is 2.93. The zero-order valence-corrected chi connectivity index (χ0v) is 10.4. The Labute approximate surface area is 92.1 Å². The van der Waals surface area contributed by atoms with Crippen molar-refractivity contribution in [2.24, 2.45) is 0 Å². The van der Waals surface area contributed by atoms with Crippen LogP contribution in [0.15, 0.2) is 0 Å². The maximum Gasteiger partial charge on any atom is 0.0628 e. The minimum absolute atomic E-state index is 0.268. The van der Waals surface area contributed by atoms with E-state index in [9.17, 15) is 5.11 Å². The molecule has 15 heavy (non-hydrogen) atoms. The molecule has 0 spiro atoms. The van der Waals surface area contributed by atoms with E-state index < -0.39 is 0 Å². The van der Waals surface area contributed by atoms with Crippen LogP contribution in [0.3, 0.4) is 0 Å². The minimum Gasteiger partial charge on any atom is -0.393 e. The Morgan fingerprint density at radius 2 is 1.93 bits per heavy atom. The molecule has 2 unspecified atom stereocenters. The van der Waals surface area contributed by atoms with Crippen molar-refractivity contribution in [3.8, 4) is 0 Å². The Kier molecular flexibility index (Phi) is 3.91. The predicted octanol–water partition coefficient (Wildman–Crippen LogP) is 2.39. The molecule has 0 aliphatic heterocycles. The van der Waals surface area contributed by atoms with Crippen molar-refractivity contribution < 1.29 is 5.11 Å². The number of aryl methyl sites for hydroxylation is 1. The number of aliphatic hydroxyl groups is 1. The number of hydrogen-bond donors (Lipinski definition) is 1. The Hall–Kier alpha value is -0.830. The Balaban J connectivity index is 2.94. The zero-order chi connectivity index (χ0) is 11.6. The second kappa shape index (κ2) is 4.79. The van der Waals surface area contributed by atoms with Gasteiger partial charge < -0.3 is 5.11 Å². The maximum absolute atomic E-state index is 9.37. The zero-order valence-electron chi connectivity index (χ0n) is 10.4. The third-order valence-corrected chi connectivity index (χ3v) is 2.93. The third kappa shape index (κ3) is 2.59. The van der Waals surface area contributed by atoms with Gasteiger partial charge in [0.2, 0.25) is 0 Å². The molecule has 1 aromatic rings. The first kappa shape index (κ1) is 12.2. The minimum atomic E-state index is -0.269. The molecule has 1 aromatic heterocycles. The van der Waals surface area contributed by atoms with Crippen LogP contribution in [0.5, 0.6) is 0 Å². The van der Waals surface area contributed by atoms with Gasteiger partial charge in [0.15, 0.2) is 0 Å². The molecule has 1 rings (SSSR count). The van der Waals surface area contributed by atoms with E-state index in [1.165, 1.54) is 11.3 Å². The summed E-state index contributed by atoms with van der Waals surface area (Å²) in [5, 5.41) is 13.9. The van der Waals surface area contributed by atoms with Gasteiger partial charge in [-0.05, 0) is 46.1 Å². The van der Waals surface area contributed by atoms with E-state index >= 15 is 0 Å². The van der Waals surface area contributed by atoms with Crippen LogP contribution in [0.4, 0.5) is 0 Å². The van der Waals surface area contributed by atoms with Crippen LogP contribution in [0, 0.1) is 13.8 Å². The first-order chi connectivity index (χ1) is 6.97. The molecule has 3 heteroatoms. The Morgan fingerprint density at radius 1 is 1.33 bits per heavy atom. The second-order valence-corrected chi connectivity index (χ2v) is 4.38. The number of aliphatic hydroxyl groups excluding tert-OH is 1. The molecule has 0 aliphatic rings. The van der Waals surface area contributed by atoms with Crippen molar-refractivity contribution in [2.75, 3.05) is 0 Å². The van der Waals surface area contributed by atoms with Crippen molar-refractivity contribution in [1.29, 1.82) is 0 Å². The molecule has 86 valence electrons. The molecule has 0 aliphatic carbocycles. The van der Waals surface area contributed by atoms with Gasteiger partial charge in [0.05, 0.1) is 17.8 Å². The summed E-state index contributed by atoms with van der Waals surface area (Å²) in [6.45, 7) is 10.2. The lowest BCUT2D eigenvalue weighted by atomic mass is 10.1. The van der Waals surface area contributed by atoms with Gasteiger partial charge in [0, 0.05) is 5.69 Å². The monoisotopic (exact) mass is 210 g/mol. The summed E-state index contributed by atoms with van der Waals surface area (Å²) in [5.74, 6) is 0. The molecule has 2 atom stereocenters. The van der Waals surface area contributed by atoms with Crippen molar-refractivity contribution >= 4 is 0 Å². The molecule has 3 nitrogen and oxygen atoms in total. The van der Waals surface area contributed by atoms with Crippen LogP contribution in [0.2, 0.25) is 0 Å². The van der Waals surface area contributed by atoms with E-state index in [1.807, 2.05) is 11.6 Å². The van der Waals surface area contributed by atoms with Gasteiger partial charge in [-0.1, -0.05) is 6.92 Å². The van der Waals surface area contributed by atoms with Gasteiger partial charge >= 0.3 is 0 Å². The Bertz CT molecular complexity index is 329. The molecule has 0 radical (unpaired) electrons. The molecule has 0 bridgehead atoms. The van der Waals surface area contributed by atoms with Crippen LogP contribution in [0.25, 0.3) is 0 Å². The van der Waals surface area contributed by atoms with Crippen LogP contribution in [0.1, 0.15) is 50.2 Å². The fourth-order valence-electron chi connectivity index (χ4n) is 2.23. The van der Waals surface area contributed by atoms with Gasteiger partial charge in [-0.2, -0.15) is 5.10 Å². The normalized spacial score (nSPS) is 15.3. The lowest BCUT2D eigenvalue weighted by Crippen LogP contribution is -2.14. The fourth-order valence-corrected chi connectivity index (χ4v) is 2.23. The highest BCUT2D eigenvalue weighted by Crippen LogP contribution is 2.20. The fraction of sp³-hybridized carbons (Fsp3) is 0.750. The number of hydrogen-bond acceptors (Lipinski definition) is 2. The van der Waals surface area contributed by atoms with Crippen LogP contribution in [-0.4, -0.2) is 21.0 Å².